The Kier molecular flexibility index (Phi) is 3.38. The zero-order chi connectivity index (χ0) is 14.3. The Labute approximate surface area is 125 Å². The Balaban J connectivity index is 1.90. The maximum atomic E-state index is 12.2. The van der Waals surface area contributed by atoms with Crippen molar-refractivity contribution >= 4 is 21.7 Å². The predicted molar refractivity (Wildman–Crippen MR) is 79.1 cm³/mol. The van der Waals surface area contributed by atoms with E-state index in [1.54, 1.807) is 6.20 Å². The van der Waals surface area contributed by atoms with E-state index in [0.717, 1.165) is 10.0 Å². The van der Waals surface area contributed by atoms with Crippen LogP contribution >= 0.6 is 15.9 Å². The second-order valence-corrected chi connectivity index (χ2v) is 6.14. The standard InChI is InChI=1S/C15H15BrN2O2/c1-9(2)18-8-10(7-17-18)15-6-13(19)12-5-11(16)3-4-14(12)20-15/h3-5,7-9,15H,6H2,1-2H3. The lowest BCUT2D eigenvalue weighted by Crippen LogP contribution is -2.20. The van der Waals surface area contributed by atoms with Gasteiger partial charge in [-0.1, -0.05) is 15.9 Å². The Hall–Kier alpha value is -1.62. The molecule has 2 heterocycles. The highest BCUT2D eigenvalue weighted by atomic mass is 79.9. The fraction of sp³-hybridized carbons (Fsp3) is 0.333. The first kappa shape index (κ1) is 13.4. The van der Waals surface area contributed by atoms with Crippen LogP contribution in [0.1, 0.15) is 48.3 Å². The highest BCUT2D eigenvalue weighted by molar-refractivity contribution is 9.10. The molecular weight excluding hydrogens is 320 g/mol. The Bertz CT molecular complexity index is 664. The van der Waals surface area contributed by atoms with E-state index < -0.39 is 0 Å². The van der Waals surface area contributed by atoms with Crippen LogP contribution in [0.5, 0.6) is 5.75 Å². The summed E-state index contributed by atoms with van der Waals surface area (Å²) in [5, 5.41) is 4.30. The molecule has 0 saturated carbocycles. The number of halogens is 1. The van der Waals surface area contributed by atoms with Crippen LogP contribution in [0.4, 0.5) is 0 Å². The lowest BCUT2D eigenvalue weighted by atomic mass is 9.98. The van der Waals surface area contributed by atoms with Crippen molar-refractivity contribution in [3.8, 4) is 5.75 Å². The van der Waals surface area contributed by atoms with Crippen LogP contribution in [0.15, 0.2) is 35.1 Å². The summed E-state index contributed by atoms with van der Waals surface area (Å²) >= 11 is 3.38. The van der Waals surface area contributed by atoms with Crippen molar-refractivity contribution in [1.82, 2.24) is 9.78 Å². The minimum Gasteiger partial charge on any atom is -0.484 e. The maximum absolute atomic E-state index is 12.2. The zero-order valence-corrected chi connectivity index (χ0v) is 12.9. The third-order valence-electron chi connectivity index (χ3n) is 3.40. The number of rotatable bonds is 2. The number of ketones is 1. The number of ether oxygens (including phenoxy) is 1. The SMILES string of the molecule is CC(C)n1cc(C2CC(=O)c3cc(Br)ccc3O2)cn1. The van der Waals surface area contributed by atoms with Crippen LogP contribution in [-0.2, 0) is 0 Å². The fourth-order valence-electron chi connectivity index (χ4n) is 2.28. The molecule has 0 amide bonds. The molecule has 0 saturated heterocycles. The minimum absolute atomic E-state index is 0.106. The number of carbonyl (C=O) groups excluding carboxylic acids is 1. The van der Waals surface area contributed by atoms with Crippen molar-refractivity contribution in [1.29, 1.82) is 0 Å². The third-order valence-corrected chi connectivity index (χ3v) is 3.90. The maximum Gasteiger partial charge on any atom is 0.170 e. The van der Waals surface area contributed by atoms with E-state index in [1.807, 2.05) is 29.1 Å². The molecule has 3 rings (SSSR count). The molecule has 1 aliphatic heterocycles. The van der Waals surface area contributed by atoms with E-state index >= 15 is 0 Å². The van der Waals surface area contributed by atoms with Crippen molar-refractivity contribution in [2.75, 3.05) is 0 Å². The number of Topliss-reactive ketones (excluding diaryl/α,β-unsaturated/α-hetero) is 1. The molecule has 0 spiro atoms. The van der Waals surface area contributed by atoms with Gasteiger partial charge in [-0.3, -0.25) is 9.48 Å². The Morgan fingerprint density at radius 3 is 2.95 bits per heavy atom. The molecule has 4 nitrogen and oxygen atoms in total. The summed E-state index contributed by atoms with van der Waals surface area (Å²) in [4.78, 5) is 12.2. The summed E-state index contributed by atoms with van der Waals surface area (Å²) < 4.78 is 8.70. The number of benzene rings is 1. The molecular formula is C15H15BrN2O2. The summed E-state index contributed by atoms with van der Waals surface area (Å²) in [6, 6.07) is 5.82. The first-order valence-corrected chi connectivity index (χ1v) is 7.37. The molecule has 1 aliphatic rings. The molecule has 104 valence electrons. The van der Waals surface area contributed by atoms with Gasteiger partial charge in [0.2, 0.25) is 0 Å². The fourth-order valence-corrected chi connectivity index (χ4v) is 2.64. The Morgan fingerprint density at radius 2 is 2.25 bits per heavy atom. The number of hydrogen-bond acceptors (Lipinski definition) is 3. The lowest BCUT2D eigenvalue weighted by molar-refractivity contribution is 0.0850. The van der Waals surface area contributed by atoms with Gasteiger partial charge in [-0.25, -0.2) is 0 Å². The van der Waals surface area contributed by atoms with Crippen molar-refractivity contribution in [3.05, 3.63) is 46.2 Å². The molecule has 5 heteroatoms. The molecule has 2 aromatic rings. The highest BCUT2D eigenvalue weighted by Gasteiger charge is 2.28. The Morgan fingerprint density at radius 1 is 1.45 bits per heavy atom. The van der Waals surface area contributed by atoms with E-state index in [9.17, 15) is 4.79 Å². The molecule has 20 heavy (non-hydrogen) atoms. The number of fused-ring (bicyclic) bond motifs is 1. The average molecular weight is 335 g/mol. The number of aromatic nitrogens is 2. The van der Waals surface area contributed by atoms with Crippen molar-refractivity contribution in [3.63, 3.8) is 0 Å². The first-order chi connectivity index (χ1) is 9.54. The summed E-state index contributed by atoms with van der Waals surface area (Å²) in [7, 11) is 0. The topological polar surface area (TPSA) is 44.1 Å². The number of hydrogen-bond donors (Lipinski definition) is 0. The largest absolute Gasteiger partial charge is 0.484 e. The van der Waals surface area contributed by atoms with Crippen molar-refractivity contribution in [2.24, 2.45) is 0 Å². The van der Waals surface area contributed by atoms with Crippen LogP contribution < -0.4 is 4.74 Å². The van der Waals surface area contributed by atoms with Crippen molar-refractivity contribution < 1.29 is 9.53 Å². The van der Waals surface area contributed by atoms with E-state index in [4.69, 9.17) is 4.74 Å². The van der Waals surface area contributed by atoms with Crippen LogP contribution in [-0.4, -0.2) is 15.6 Å². The highest BCUT2D eigenvalue weighted by Crippen LogP contribution is 2.36. The van der Waals surface area contributed by atoms with Gasteiger partial charge in [0.1, 0.15) is 11.9 Å². The molecule has 0 radical (unpaired) electrons. The summed E-state index contributed by atoms with van der Waals surface area (Å²) in [6.07, 6.45) is 3.84. The molecule has 0 bridgehead atoms. The summed E-state index contributed by atoms with van der Waals surface area (Å²) in [5.74, 6) is 0.751. The number of carbonyl (C=O) groups is 1. The zero-order valence-electron chi connectivity index (χ0n) is 11.3. The smallest absolute Gasteiger partial charge is 0.170 e. The van der Waals surface area contributed by atoms with Gasteiger partial charge >= 0.3 is 0 Å². The molecule has 1 aromatic heterocycles. The number of nitrogens with zero attached hydrogens (tertiary/aromatic N) is 2. The van der Waals surface area contributed by atoms with Crippen LogP contribution in [0.25, 0.3) is 0 Å². The average Bonchev–Trinajstić information content (AvgIpc) is 2.89. The quantitative estimate of drug-likeness (QED) is 0.835. The van der Waals surface area contributed by atoms with Gasteiger partial charge in [-0.05, 0) is 32.0 Å². The molecule has 0 aliphatic carbocycles. The van der Waals surface area contributed by atoms with Crippen LogP contribution in [0.3, 0.4) is 0 Å². The van der Waals surface area contributed by atoms with Crippen molar-refractivity contribution in [2.45, 2.75) is 32.4 Å². The predicted octanol–water partition coefficient (Wildman–Crippen LogP) is 3.93. The van der Waals surface area contributed by atoms with Gasteiger partial charge in [0.15, 0.2) is 5.78 Å². The molecule has 1 aromatic carbocycles. The van der Waals surface area contributed by atoms with Gasteiger partial charge in [0, 0.05) is 22.3 Å². The molecule has 1 unspecified atom stereocenters. The molecule has 0 fully saturated rings. The van der Waals surface area contributed by atoms with E-state index in [0.29, 0.717) is 23.8 Å². The van der Waals surface area contributed by atoms with Gasteiger partial charge in [0.05, 0.1) is 18.2 Å². The normalized spacial score (nSPS) is 18.0. The van der Waals surface area contributed by atoms with E-state index in [1.165, 1.54) is 0 Å². The monoisotopic (exact) mass is 334 g/mol. The molecule has 0 N–H and O–H groups in total. The second-order valence-electron chi connectivity index (χ2n) is 5.22. The first-order valence-electron chi connectivity index (χ1n) is 6.58. The van der Waals surface area contributed by atoms with Gasteiger partial charge < -0.3 is 4.74 Å². The van der Waals surface area contributed by atoms with Crippen LogP contribution in [0, 0.1) is 0 Å². The lowest BCUT2D eigenvalue weighted by Gasteiger charge is -2.24. The summed E-state index contributed by atoms with van der Waals surface area (Å²) in [6.45, 7) is 4.13. The van der Waals surface area contributed by atoms with Crippen LogP contribution in [0.2, 0.25) is 0 Å². The van der Waals surface area contributed by atoms with E-state index in [2.05, 4.69) is 34.9 Å². The van der Waals surface area contributed by atoms with Gasteiger partial charge in [-0.2, -0.15) is 5.10 Å². The third kappa shape index (κ3) is 2.38. The van der Waals surface area contributed by atoms with E-state index in [-0.39, 0.29) is 11.9 Å². The van der Waals surface area contributed by atoms with Gasteiger partial charge in [0.25, 0.3) is 0 Å². The summed E-state index contributed by atoms with van der Waals surface area (Å²) in [5.41, 5.74) is 1.59. The minimum atomic E-state index is -0.247. The molecule has 1 atom stereocenters. The second kappa shape index (κ2) is 5.05. The van der Waals surface area contributed by atoms with Gasteiger partial charge in [-0.15, -0.1) is 0 Å².